The molecule has 0 unspecified atom stereocenters. The number of hydrogen-bond acceptors (Lipinski definition) is 5. The maximum absolute atomic E-state index is 12.0. The summed E-state index contributed by atoms with van der Waals surface area (Å²) in [5.74, 6) is 1.13. The summed E-state index contributed by atoms with van der Waals surface area (Å²) >= 11 is 0. The second-order valence-corrected chi connectivity index (χ2v) is 4.08. The molecule has 0 atom stereocenters. The van der Waals surface area contributed by atoms with Crippen LogP contribution in [0.5, 0.6) is 0 Å². The summed E-state index contributed by atoms with van der Waals surface area (Å²) in [5.41, 5.74) is 7.19. The Hall–Kier alpha value is -2.31. The Morgan fingerprint density at radius 2 is 2.18 bits per heavy atom. The van der Waals surface area contributed by atoms with E-state index in [-0.39, 0.29) is 5.69 Å². The van der Waals surface area contributed by atoms with Crippen LogP contribution in [-0.4, -0.2) is 26.4 Å². The number of aromatic nitrogens is 4. The van der Waals surface area contributed by atoms with Gasteiger partial charge in [-0.15, -0.1) is 0 Å². The third kappa shape index (κ3) is 1.19. The number of aryl methyl sites for hydroxylation is 1. The Bertz CT molecular complexity index is 655. The van der Waals surface area contributed by atoms with E-state index >= 15 is 0 Å². The molecule has 0 spiro atoms. The lowest BCUT2D eigenvalue weighted by atomic mass is 10.2. The van der Waals surface area contributed by atoms with Crippen molar-refractivity contribution >= 4 is 11.5 Å². The second-order valence-electron chi connectivity index (χ2n) is 4.08. The number of nitrogens with zero attached hydrogens (tertiary/aromatic N) is 5. The summed E-state index contributed by atoms with van der Waals surface area (Å²) in [6.45, 7) is 0.541. The van der Waals surface area contributed by atoms with Gasteiger partial charge >= 0.3 is 5.69 Å². The molecule has 2 aromatic heterocycles. The molecule has 3 heterocycles. The smallest absolute Gasteiger partial charge is 0.350 e. The van der Waals surface area contributed by atoms with Crippen molar-refractivity contribution in [3.05, 3.63) is 28.6 Å². The van der Waals surface area contributed by atoms with Crippen LogP contribution in [0, 0.1) is 0 Å². The van der Waals surface area contributed by atoms with Crippen molar-refractivity contribution in [1.29, 1.82) is 0 Å². The zero-order valence-corrected chi connectivity index (χ0v) is 9.58. The zero-order valence-electron chi connectivity index (χ0n) is 9.58. The minimum atomic E-state index is -0.167. The maximum Gasteiger partial charge on any atom is 0.350 e. The summed E-state index contributed by atoms with van der Waals surface area (Å²) in [7, 11) is 3.54. The summed E-state index contributed by atoms with van der Waals surface area (Å²) in [5, 5.41) is 4.19. The van der Waals surface area contributed by atoms with Gasteiger partial charge in [0.25, 0.3) is 0 Å². The van der Waals surface area contributed by atoms with Crippen LogP contribution in [0.3, 0.4) is 0 Å². The average molecular weight is 232 g/mol. The minimum Gasteiger partial charge on any atom is -0.382 e. The highest BCUT2D eigenvalue weighted by Crippen LogP contribution is 2.32. The van der Waals surface area contributed by atoms with Crippen molar-refractivity contribution in [3.8, 4) is 5.69 Å². The average Bonchev–Trinajstić information content (AvgIpc) is 2.54. The van der Waals surface area contributed by atoms with Crippen LogP contribution in [0.2, 0.25) is 0 Å². The molecule has 0 aromatic carbocycles. The maximum atomic E-state index is 12.0. The molecule has 0 radical (unpaired) electrons. The molecule has 1 aliphatic rings. The van der Waals surface area contributed by atoms with Crippen molar-refractivity contribution in [2.24, 2.45) is 7.05 Å². The normalized spacial score (nSPS) is 13.4. The van der Waals surface area contributed by atoms with Crippen LogP contribution in [0.4, 0.5) is 11.5 Å². The molecule has 2 N–H and O–H groups in total. The first-order valence-electron chi connectivity index (χ1n) is 5.20. The Morgan fingerprint density at radius 1 is 1.41 bits per heavy atom. The van der Waals surface area contributed by atoms with Gasteiger partial charge < -0.3 is 10.6 Å². The molecule has 7 heteroatoms. The Labute approximate surface area is 97.1 Å². The van der Waals surface area contributed by atoms with Crippen LogP contribution < -0.4 is 16.3 Å². The molecule has 0 bridgehead atoms. The van der Waals surface area contributed by atoms with Crippen molar-refractivity contribution < 1.29 is 0 Å². The lowest BCUT2D eigenvalue weighted by Gasteiger charge is -2.27. The third-order valence-corrected chi connectivity index (χ3v) is 2.92. The van der Waals surface area contributed by atoms with Gasteiger partial charge in [0.2, 0.25) is 0 Å². The number of rotatable bonds is 0. The molecule has 0 saturated heterocycles. The van der Waals surface area contributed by atoms with E-state index in [9.17, 15) is 4.79 Å². The van der Waals surface area contributed by atoms with E-state index in [2.05, 4.69) is 10.1 Å². The van der Waals surface area contributed by atoms with Crippen LogP contribution in [0.15, 0.2) is 17.1 Å². The quantitative estimate of drug-likeness (QED) is 0.662. The van der Waals surface area contributed by atoms with Gasteiger partial charge in [0, 0.05) is 20.3 Å². The Kier molecular flexibility index (Phi) is 1.80. The molecule has 0 saturated carbocycles. The van der Waals surface area contributed by atoms with Gasteiger partial charge in [0.05, 0.1) is 12.2 Å². The lowest BCUT2D eigenvalue weighted by molar-refractivity contribution is 0.714. The predicted molar refractivity (Wildman–Crippen MR) is 63.1 cm³/mol. The van der Waals surface area contributed by atoms with E-state index in [1.54, 1.807) is 23.9 Å². The highest BCUT2D eigenvalue weighted by Gasteiger charge is 2.25. The Morgan fingerprint density at radius 3 is 2.94 bits per heavy atom. The van der Waals surface area contributed by atoms with E-state index in [1.807, 2.05) is 11.9 Å². The fourth-order valence-electron chi connectivity index (χ4n) is 2.18. The molecule has 0 fully saturated rings. The van der Waals surface area contributed by atoms with E-state index in [0.717, 1.165) is 11.4 Å². The Balaban J connectivity index is 2.40. The van der Waals surface area contributed by atoms with Gasteiger partial charge in [0.1, 0.15) is 11.5 Å². The van der Waals surface area contributed by atoms with Gasteiger partial charge in [0.15, 0.2) is 5.82 Å². The molecule has 0 amide bonds. The van der Waals surface area contributed by atoms with Crippen LogP contribution >= 0.6 is 0 Å². The molecule has 2 aromatic rings. The first-order valence-corrected chi connectivity index (χ1v) is 5.20. The fourth-order valence-corrected chi connectivity index (χ4v) is 2.18. The van der Waals surface area contributed by atoms with Gasteiger partial charge in [-0.1, -0.05) is 0 Å². The largest absolute Gasteiger partial charge is 0.382 e. The SMILES string of the molecule is CN1Cc2nn(C)c(=O)n2-c2ccnc(N)c21. The first kappa shape index (κ1) is 9.88. The summed E-state index contributed by atoms with van der Waals surface area (Å²) in [6, 6.07) is 1.77. The van der Waals surface area contributed by atoms with Gasteiger partial charge in [-0.2, -0.15) is 5.10 Å². The molecular weight excluding hydrogens is 220 g/mol. The van der Waals surface area contributed by atoms with Crippen LogP contribution in [0.25, 0.3) is 5.69 Å². The second kappa shape index (κ2) is 3.09. The van der Waals surface area contributed by atoms with Crippen molar-refractivity contribution in [3.63, 3.8) is 0 Å². The molecular formula is C10H12N6O. The number of anilines is 2. The fraction of sp³-hybridized carbons (Fsp3) is 0.300. The van der Waals surface area contributed by atoms with Crippen molar-refractivity contribution in [2.45, 2.75) is 6.54 Å². The summed E-state index contributed by atoms with van der Waals surface area (Å²) in [6.07, 6.45) is 1.59. The molecule has 0 aliphatic carbocycles. The van der Waals surface area contributed by atoms with Gasteiger partial charge in [-0.25, -0.2) is 19.0 Å². The first-order chi connectivity index (χ1) is 8.09. The van der Waals surface area contributed by atoms with Crippen molar-refractivity contribution in [1.82, 2.24) is 19.3 Å². The van der Waals surface area contributed by atoms with Gasteiger partial charge in [-0.05, 0) is 6.07 Å². The lowest BCUT2D eigenvalue weighted by Crippen LogP contribution is -2.31. The van der Waals surface area contributed by atoms with Gasteiger partial charge in [-0.3, -0.25) is 0 Å². The predicted octanol–water partition coefficient (Wildman–Crippen LogP) is -0.502. The van der Waals surface area contributed by atoms with E-state index in [1.165, 1.54) is 4.68 Å². The molecule has 88 valence electrons. The van der Waals surface area contributed by atoms with Crippen LogP contribution in [0.1, 0.15) is 5.82 Å². The number of hydrogen-bond donors (Lipinski definition) is 1. The number of nitrogen functional groups attached to an aromatic ring is 1. The van der Waals surface area contributed by atoms with Crippen LogP contribution in [-0.2, 0) is 13.6 Å². The number of pyridine rings is 1. The third-order valence-electron chi connectivity index (χ3n) is 2.92. The molecule has 3 rings (SSSR count). The van der Waals surface area contributed by atoms with Crippen molar-refractivity contribution in [2.75, 3.05) is 17.7 Å². The summed E-state index contributed by atoms with van der Waals surface area (Å²) in [4.78, 5) is 18.0. The molecule has 7 nitrogen and oxygen atoms in total. The highest BCUT2D eigenvalue weighted by molar-refractivity contribution is 5.75. The minimum absolute atomic E-state index is 0.167. The monoisotopic (exact) mass is 232 g/mol. The number of nitrogens with two attached hydrogens (primary N) is 1. The topological polar surface area (TPSA) is 82.0 Å². The number of fused-ring (bicyclic) bond motifs is 3. The standard InChI is InChI=1S/C10H12N6O/c1-14-5-7-13-15(2)10(17)16(7)6-3-4-12-9(11)8(6)14/h3-4H,5H2,1-2H3,(H2,11,12). The summed E-state index contributed by atoms with van der Waals surface area (Å²) < 4.78 is 2.91. The molecule has 1 aliphatic heterocycles. The van der Waals surface area contributed by atoms with E-state index < -0.39 is 0 Å². The van der Waals surface area contributed by atoms with E-state index in [4.69, 9.17) is 5.73 Å². The van der Waals surface area contributed by atoms with E-state index in [0.29, 0.717) is 18.2 Å². The highest BCUT2D eigenvalue weighted by atomic mass is 16.2. The zero-order chi connectivity index (χ0) is 12.2. The molecule has 17 heavy (non-hydrogen) atoms.